The highest BCUT2D eigenvalue weighted by Crippen LogP contribution is 2.27. The van der Waals surface area contributed by atoms with E-state index in [1.54, 1.807) is 48.2 Å². The Morgan fingerprint density at radius 1 is 1.08 bits per heavy atom. The number of piperazine rings is 1. The zero-order valence-corrected chi connectivity index (χ0v) is 21.2. The molecular formula is C27H27FN6O5. The van der Waals surface area contributed by atoms with E-state index in [0.29, 0.717) is 66.8 Å². The Hall–Kier alpha value is -4.87. The number of halogens is 1. The van der Waals surface area contributed by atoms with Gasteiger partial charge in [0.2, 0.25) is 5.91 Å². The number of aryl methyl sites for hydroxylation is 1. The van der Waals surface area contributed by atoms with Crippen LogP contribution in [0.1, 0.15) is 21.7 Å². The number of phenols is 1. The molecule has 2 aromatic carbocycles. The zero-order chi connectivity index (χ0) is 27.4. The van der Waals surface area contributed by atoms with Crippen LogP contribution in [-0.4, -0.2) is 64.9 Å². The lowest BCUT2D eigenvalue weighted by molar-refractivity contribution is -0.130. The highest BCUT2D eigenvalue weighted by Gasteiger charge is 2.24. The van der Waals surface area contributed by atoms with Crippen molar-refractivity contribution in [2.75, 3.05) is 42.9 Å². The van der Waals surface area contributed by atoms with Crippen molar-refractivity contribution in [2.24, 2.45) is 0 Å². The minimum Gasteiger partial charge on any atom is -0.507 e. The second-order valence-corrected chi connectivity index (χ2v) is 9.10. The van der Waals surface area contributed by atoms with Crippen LogP contribution in [0.3, 0.4) is 0 Å². The van der Waals surface area contributed by atoms with Gasteiger partial charge in [-0.15, -0.1) is 0 Å². The second-order valence-electron chi connectivity index (χ2n) is 9.10. The van der Waals surface area contributed by atoms with E-state index in [9.17, 15) is 14.7 Å². The van der Waals surface area contributed by atoms with E-state index in [0.717, 1.165) is 0 Å². The van der Waals surface area contributed by atoms with Gasteiger partial charge >= 0.3 is 0 Å². The first kappa shape index (κ1) is 25.8. The molecular weight excluding hydrogens is 507 g/mol. The number of aromatic hydroxyl groups is 1. The maximum atomic E-state index is 15.1. The third kappa shape index (κ3) is 5.84. The largest absolute Gasteiger partial charge is 0.507 e. The van der Waals surface area contributed by atoms with Crippen molar-refractivity contribution in [3.63, 3.8) is 0 Å². The number of nitrogens with zero attached hydrogens (tertiary/aromatic N) is 4. The lowest BCUT2D eigenvalue weighted by Gasteiger charge is -2.36. The zero-order valence-electron chi connectivity index (χ0n) is 21.2. The SMILES string of the molecule is Cc1cccc(C(=O)NCC(=O)N2CCN(c3ccc(-c4cc(CNc5ccon5)on4)cc3F)CC2)c1O. The Labute approximate surface area is 223 Å². The van der Waals surface area contributed by atoms with E-state index in [-0.39, 0.29) is 23.8 Å². The average molecular weight is 535 g/mol. The van der Waals surface area contributed by atoms with Crippen molar-refractivity contribution in [3.05, 3.63) is 77.5 Å². The van der Waals surface area contributed by atoms with Gasteiger partial charge in [-0.2, -0.15) is 0 Å². The van der Waals surface area contributed by atoms with Crippen molar-refractivity contribution >= 4 is 23.3 Å². The fourth-order valence-corrected chi connectivity index (χ4v) is 4.34. The fraction of sp³-hybridized carbons (Fsp3) is 0.259. The lowest BCUT2D eigenvalue weighted by atomic mass is 10.1. The molecule has 0 atom stereocenters. The highest BCUT2D eigenvalue weighted by atomic mass is 19.1. The van der Waals surface area contributed by atoms with Crippen molar-refractivity contribution in [3.8, 4) is 17.0 Å². The summed E-state index contributed by atoms with van der Waals surface area (Å²) in [6.07, 6.45) is 1.45. The number of hydrogen-bond donors (Lipinski definition) is 3. The van der Waals surface area contributed by atoms with Crippen molar-refractivity contribution in [1.82, 2.24) is 20.5 Å². The standard InChI is InChI=1S/C27H27FN6O5/c1-17-3-2-4-20(26(17)36)27(37)30-16-25(35)34-10-8-33(9-11-34)23-6-5-18(13-21(23)28)22-14-19(39-31-22)15-29-24-7-12-38-32-24/h2-7,12-14,36H,8-11,15-16H2,1H3,(H,29,32)(H,30,37). The Bertz CT molecular complexity index is 1460. The summed E-state index contributed by atoms with van der Waals surface area (Å²) >= 11 is 0. The monoisotopic (exact) mass is 534 g/mol. The molecule has 0 unspecified atom stereocenters. The fourth-order valence-electron chi connectivity index (χ4n) is 4.34. The van der Waals surface area contributed by atoms with Crippen LogP contribution in [0, 0.1) is 12.7 Å². The van der Waals surface area contributed by atoms with E-state index >= 15 is 4.39 Å². The van der Waals surface area contributed by atoms with Crippen molar-refractivity contribution in [2.45, 2.75) is 13.5 Å². The van der Waals surface area contributed by atoms with Crippen LogP contribution in [0.15, 0.2) is 63.8 Å². The molecule has 1 saturated heterocycles. The topological polar surface area (TPSA) is 137 Å². The first-order valence-corrected chi connectivity index (χ1v) is 12.4. The summed E-state index contributed by atoms with van der Waals surface area (Å²) in [5.41, 5.74) is 2.22. The van der Waals surface area contributed by atoms with E-state index < -0.39 is 11.7 Å². The van der Waals surface area contributed by atoms with Crippen LogP contribution in [0.2, 0.25) is 0 Å². The number of carbonyl (C=O) groups excluding carboxylic acids is 2. The number of para-hydroxylation sites is 1. The number of amides is 2. The van der Waals surface area contributed by atoms with Gasteiger partial charge in [0.05, 0.1) is 24.3 Å². The van der Waals surface area contributed by atoms with Crippen LogP contribution >= 0.6 is 0 Å². The van der Waals surface area contributed by atoms with Gasteiger partial charge in [-0.3, -0.25) is 9.59 Å². The van der Waals surface area contributed by atoms with E-state index in [2.05, 4.69) is 20.9 Å². The molecule has 3 heterocycles. The van der Waals surface area contributed by atoms with Crippen LogP contribution < -0.4 is 15.5 Å². The van der Waals surface area contributed by atoms with Gasteiger partial charge in [0, 0.05) is 43.9 Å². The molecule has 0 aliphatic carbocycles. The normalized spacial score (nSPS) is 13.4. The first-order chi connectivity index (χ1) is 18.9. The molecule has 0 radical (unpaired) electrons. The van der Waals surface area contributed by atoms with Crippen LogP contribution in [0.4, 0.5) is 15.9 Å². The van der Waals surface area contributed by atoms with Gasteiger partial charge < -0.3 is 34.6 Å². The van der Waals surface area contributed by atoms with Gasteiger partial charge in [-0.1, -0.05) is 28.5 Å². The van der Waals surface area contributed by atoms with E-state index in [1.165, 1.54) is 18.4 Å². The predicted octanol–water partition coefficient (Wildman–Crippen LogP) is 3.17. The number of anilines is 2. The number of nitrogens with one attached hydrogen (secondary N) is 2. The molecule has 0 bridgehead atoms. The molecule has 12 heteroatoms. The molecule has 0 spiro atoms. The molecule has 1 aliphatic rings. The Kier molecular flexibility index (Phi) is 7.43. The molecule has 5 rings (SSSR count). The Morgan fingerprint density at radius 2 is 1.90 bits per heavy atom. The molecule has 0 saturated carbocycles. The molecule has 1 aliphatic heterocycles. The highest BCUT2D eigenvalue weighted by molar-refractivity contribution is 5.99. The smallest absolute Gasteiger partial charge is 0.255 e. The second kappa shape index (κ2) is 11.3. The average Bonchev–Trinajstić information content (AvgIpc) is 3.64. The molecule has 202 valence electrons. The maximum Gasteiger partial charge on any atom is 0.255 e. The minimum absolute atomic E-state index is 0.104. The number of hydrogen-bond acceptors (Lipinski definition) is 9. The first-order valence-electron chi connectivity index (χ1n) is 12.4. The molecule has 4 aromatic rings. The van der Waals surface area contributed by atoms with Gasteiger partial charge in [0.25, 0.3) is 5.91 Å². The summed E-state index contributed by atoms with van der Waals surface area (Å²) in [5.74, 6) is -0.139. The van der Waals surface area contributed by atoms with E-state index in [4.69, 9.17) is 9.05 Å². The number of aromatic nitrogens is 2. The van der Waals surface area contributed by atoms with E-state index in [1.807, 2.05) is 4.90 Å². The van der Waals surface area contributed by atoms with Gasteiger partial charge in [0.15, 0.2) is 11.6 Å². The number of benzene rings is 2. The quantitative estimate of drug-likeness (QED) is 0.311. The number of rotatable bonds is 8. The molecule has 1 fully saturated rings. The summed E-state index contributed by atoms with van der Waals surface area (Å²) in [7, 11) is 0. The molecule has 2 aromatic heterocycles. The summed E-state index contributed by atoms with van der Waals surface area (Å²) in [6, 6.07) is 13.1. The molecule has 3 N–H and O–H groups in total. The van der Waals surface area contributed by atoms with Crippen molar-refractivity contribution in [1.29, 1.82) is 0 Å². The summed E-state index contributed by atoms with van der Waals surface area (Å²) in [4.78, 5) is 28.5. The number of carbonyl (C=O) groups is 2. The Balaban J connectivity index is 1.13. The third-order valence-electron chi connectivity index (χ3n) is 6.54. The van der Waals surface area contributed by atoms with Gasteiger partial charge in [-0.25, -0.2) is 4.39 Å². The van der Waals surface area contributed by atoms with Crippen molar-refractivity contribution < 1.29 is 28.1 Å². The van der Waals surface area contributed by atoms with Gasteiger partial charge in [-0.05, 0) is 30.7 Å². The lowest BCUT2D eigenvalue weighted by Crippen LogP contribution is -2.51. The van der Waals surface area contributed by atoms with Crippen LogP contribution in [0.5, 0.6) is 5.75 Å². The van der Waals surface area contributed by atoms with Gasteiger partial charge in [0.1, 0.15) is 23.5 Å². The third-order valence-corrected chi connectivity index (χ3v) is 6.54. The summed E-state index contributed by atoms with van der Waals surface area (Å²) in [5, 5.41) is 23.5. The number of phenolic OH excluding ortho intramolecular Hbond substituents is 1. The Morgan fingerprint density at radius 3 is 2.64 bits per heavy atom. The van der Waals surface area contributed by atoms with Crippen LogP contribution in [0.25, 0.3) is 11.3 Å². The molecule has 11 nitrogen and oxygen atoms in total. The molecule has 2 amide bonds. The summed E-state index contributed by atoms with van der Waals surface area (Å²) < 4.78 is 25.2. The minimum atomic E-state index is -0.518. The maximum absolute atomic E-state index is 15.1. The molecule has 39 heavy (non-hydrogen) atoms. The summed E-state index contributed by atoms with van der Waals surface area (Å²) in [6.45, 7) is 3.50. The predicted molar refractivity (Wildman–Crippen MR) is 140 cm³/mol. The van der Waals surface area contributed by atoms with Crippen LogP contribution in [-0.2, 0) is 11.3 Å².